The van der Waals surface area contributed by atoms with E-state index in [1.165, 1.54) is 51.5 Å². The maximum absolute atomic E-state index is 13.6. The molecule has 0 radical (unpaired) electrons. The van der Waals surface area contributed by atoms with E-state index in [2.05, 4.69) is 25.1 Å². The smallest absolute Gasteiger partial charge is 0.228 e. The Labute approximate surface area is 180 Å². The number of nitrogens with one attached hydrogen (secondary N) is 1. The first-order chi connectivity index (χ1) is 14.7. The van der Waals surface area contributed by atoms with Crippen LogP contribution >= 0.6 is 0 Å². The highest BCUT2D eigenvalue weighted by Gasteiger charge is 2.53. The van der Waals surface area contributed by atoms with Crippen molar-refractivity contribution in [2.24, 2.45) is 23.2 Å². The van der Waals surface area contributed by atoms with Crippen molar-refractivity contribution in [1.82, 2.24) is 20.2 Å². The molecule has 6 heteroatoms. The molecule has 4 fully saturated rings. The molecule has 0 spiro atoms. The van der Waals surface area contributed by atoms with Gasteiger partial charge in [0.15, 0.2) is 0 Å². The fourth-order valence-corrected chi connectivity index (χ4v) is 6.13. The number of fused-ring (bicyclic) bond motifs is 1. The minimum Gasteiger partial charge on any atom is -0.355 e. The van der Waals surface area contributed by atoms with E-state index in [1.54, 1.807) is 0 Å². The van der Waals surface area contributed by atoms with Crippen LogP contribution in [0, 0.1) is 23.2 Å². The predicted molar refractivity (Wildman–Crippen MR) is 118 cm³/mol. The summed E-state index contributed by atoms with van der Waals surface area (Å²) < 4.78 is 0. The van der Waals surface area contributed by atoms with E-state index in [1.807, 2.05) is 18.5 Å². The van der Waals surface area contributed by atoms with Crippen molar-refractivity contribution in [3.8, 4) is 0 Å². The van der Waals surface area contributed by atoms with E-state index >= 15 is 0 Å². The molecule has 1 aromatic rings. The summed E-state index contributed by atoms with van der Waals surface area (Å²) in [6, 6.07) is 1.86. The highest BCUT2D eigenvalue weighted by atomic mass is 16.2. The summed E-state index contributed by atoms with van der Waals surface area (Å²) in [6.07, 6.45) is 15.3. The first-order valence-electron chi connectivity index (χ1n) is 12.3. The van der Waals surface area contributed by atoms with Crippen LogP contribution < -0.4 is 10.2 Å². The molecule has 4 aliphatic rings. The molecule has 164 valence electrons. The second kappa shape index (κ2) is 8.81. The van der Waals surface area contributed by atoms with Gasteiger partial charge in [-0.25, -0.2) is 9.97 Å². The number of carbonyl (C=O) groups excluding carboxylic acids is 1. The number of carbonyl (C=O) groups is 1. The highest BCUT2D eigenvalue weighted by molar-refractivity contribution is 5.84. The molecule has 0 aromatic carbocycles. The van der Waals surface area contributed by atoms with Gasteiger partial charge >= 0.3 is 0 Å². The standard InChI is InChI=1S/C24H37N5O/c30-22(27-14-19-8-9-19)24-10-4-13-28(15-20-6-2-1-3-7-20)16-21(24)17-29(18-24)23-25-11-5-12-26-23/h5,11-12,19-21H,1-4,6-10,13-18H2,(H,27,30)/t21-,24-/m0/s1. The Kier molecular flexibility index (Phi) is 5.94. The topological polar surface area (TPSA) is 61.4 Å². The molecule has 6 nitrogen and oxygen atoms in total. The van der Waals surface area contributed by atoms with Gasteiger partial charge in [-0.1, -0.05) is 19.3 Å². The Balaban J connectivity index is 1.33. The second-order valence-corrected chi connectivity index (χ2v) is 10.3. The fourth-order valence-electron chi connectivity index (χ4n) is 6.13. The van der Waals surface area contributed by atoms with Gasteiger partial charge in [0.25, 0.3) is 0 Å². The van der Waals surface area contributed by atoms with Gasteiger partial charge < -0.3 is 15.1 Å². The quantitative estimate of drug-likeness (QED) is 0.779. The lowest BCUT2D eigenvalue weighted by Gasteiger charge is -2.33. The van der Waals surface area contributed by atoms with E-state index in [-0.39, 0.29) is 11.3 Å². The van der Waals surface area contributed by atoms with Gasteiger partial charge in [0, 0.05) is 51.0 Å². The minimum atomic E-state index is -0.296. The maximum Gasteiger partial charge on any atom is 0.228 e. The van der Waals surface area contributed by atoms with Crippen molar-refractivity contribution in [2.45, 2.75) is 57.8 Å². The zero-order valence-electron chi connectivity index (χ0n) is 18.3. The van der Waals surface area contributed by atoms with Crippen LogP contribution in [0.5, 0.6) is 0 Å². The molecule has 2 saturated carbocycles. The second-order valence-electron chi connectivity index (χ2n) is 10.3. The summed E-state index contributed by atoms with van der Waals surface area (Å²) in [7, 11) is 0. The first kappa shape index (κ1) is 20.2. The number of hydrogen-bond acceptors (Lipinski definition) is 5. The average Bonchev–Trinajstić information content (AvgIpc) is 3.57. The van der Waals surface area contributed by atoms with Crippen molar-refractivity contribution < 1.29 is 4.79 Å². The molecule has 1 amide bonds. The Hall–Kier alpha value is -1.69. The summed E-state index contributed by atoms with van der Waals surface area (Å²) in [4.78, 5) is 27.5. The number of aromatic nitrogens is 2. The van der Waals surface area contributed by atoms with Gasteiger partial charge in [-0.15, -0.1) is 0 Å². The predicted octanol–water partition coefficient (Wildman–Crippen LogP) is 3.10. The van der Waals surface area contributed by atoms with Crippen LogP contribution in [0.3, 0.4) is 0 Å². The first-order valence-corrected chi connectivity index (χ1v) is 12.3. The van der Waals surface area contributed by atoms with Crippen LogP contribution in [0.15, 0.2) is 18.5 Å². The average molecular weight is 412 g/mol. The van der Waals surface area contributed by atoms with E-state index in [0.29, 0.717) is 11.8 Å². The van der Waals surface area contributed by atoms with Crippen LogP contribution in [0.2, 0.25) is 0 Å². The molecule has 0 bridgehead atoms. The molecule has 0 unspecified atom stereocenters. The van der Waals surface area contributed by atoms with Gasteiger partial charge in [-0.05, 0) is 63.0 Å². The molecule has 2 saturated heterocycles. The van der Waals surface area contributed by atoms with E-state index in [4.69, 9.17) is 0 Å². The normalized spacial score (nSPS) is 30.7. The number of hydrogen-bond donors (Lipinski definition) is 1. The lowest BCUT2D eigenvalue weighted by molar-refractivity contribution is -0.132. The highest BCUT2D eigenvalue weighted by Crippen LogP contribution is 2.44. The Bertz CT molecular complexity index is 718. The number of rotatable bonds is 6. The fraction of sp³-hybridized carbons (Fsp3) is 0.792. The van der Waals surface area contributed by atoms with Crippen molar-refractivity contribution in [2.75, 3.05) is 44.2 Å². The van der Waals surface area contributed by atoms with Gasteiger partial charge in [-0.3, -0.25) is 4.79 Å². The molecule has 2 aliphatic heterocycles. The summed E-state index contributed by atoms with van der Waals surface area (Å²) in [5.74, 6) is 2.99. The van der Waals surface area contributed by atoms with Gasteiger partial charge in [0.05, 0.1) is 5.41 Å². The van der Waals surface area contributed by atoms with Gasteiger partial charge in [0.1, 0.15) is 0 Å². The SMILES string of the molecule is O=C(NCC1CC1)[C@]12CCCN(CC3CCCCC3)C[C@H]1CN(c1ncccn1)C2. The summed E-state index contributed by atoms with van der Waals surface area (Å²) in [5, 5.41) is 3.35. The molecule has 3 heterocycles. The van der Waals surface area contributed by atoms with E-state index in [0.717, 1.165) is 57.4 Å². The molecule has 1 N–H and O–H groups in total. The van der Waals surface area contributed by atoms with Crippen LogP contribution in [0.4, 0.5) is 5.95 Å². The monoisotopic (exact) mass is 411 g/mol. The molecular weight excluding hydrogens is 374 g/mol. The van der Waals surface area contributed by atoms with Crippen molar-refractivity contribution in [1.29, 1.82) is 0 Å². The number of likely N-dealkylation sites (tertiary alicyclic amines) is 1. The zero-order chi connectivity index (χ0) is 20.4. The number of amides is 1. The van der Waals surface area contributed by atoms with Crippen LogP contribution in [-0.4, -0.2) is 60.0 Å². The lowest BCUT2D eigenvalue weighted by Crippen LogP contribution is -2.48. The summed E-state index contributed by atoms with van der Waals surface area (Å²) in [6.45, 7) is 5.92. The molecule has 2 atom stereocenters. The lowest BCUT2D eigenvalue weighted by atomic mass is 9.74. The number of nitrogens with zero attached hydrogens (tertiary/aromatic N) is 4. The van der Waals surface area contributed by atoms with Crippen LogP contribution in [-0.2, 0) is 4.79 Å². The zero-order valence-corrected chi connectivity index (χ0v) is 18.3. The maximum atomic E-state index is 13.6. The molecule has 30 heavy (non-hydrogen) atoms. The summed E-state index contributed by atoms with van der Waals surface area (Å²) in [5.41, 5.74) is -0.296. The van der Waals surface area contributed by atoms with Crippen LogP contribution in [0.25, 0.3) is 0 Å². The van der Waals surface area contributed by atoms with E-state index in [9.17, 15) is 4.79 Å². The van der Waals surface area contributed by atoms with Gasteiger partial charge in [0.2, 0.25) is 11.9 Å². The Morgan fingerprint density at radius 1 is 1.03 bits per heavy atom. The third-order valence-corrected chi connectivity index (χ3v) is 8.05. The largest absolute Gasteiger partial charge is 0.355 e. The molecule has 2 aliphatic carbocycles. The minimum absolute atomic E-state index is 0.289. The third-order valence-electron chi connectivity index (χ3n) is 8.05. The van der Waals surface area contributed by atoms with Crippen molar-refractivity contribution in [3.05, 3.63) is 18.5 Å². The molecule has 5 rings (SSSR count). The molecular formula is C24H37N5O. The van der Waals surface area contributed by atoms with Crippen LogP contribution in [0.1, 0.15) is 57.8 Å². The number of anilines is 1. The molecule has 1 aromatic heterocycles. The van der Waals surface area contributed by atoms with Gasteiger partial charge in [-0.2, -0.15) is 0 Å². The van der Waals surface area contributed by atoms with E-state index < -0.39 is 0 Å². The summed E-state index contributed by atoms with van der Waals surface area (Å²) >= 11 is 0. The Morgan fingerprint density at radius 2 is 1.83 bits per heavy atom. The van der Waals surface area contributed by atoms with Crippen molar-refractivity contribution in [3.63, 3.8) is 0 Å². The third kappa shape index (κ3) is 4.34. The van der Waals surface area contributed by atoms with Crippen molar-refractivity contribution >= 4 is 11.9 Å². The Morgan fingerprint density at radius 3 is 2.60 bits per heavy atom.